The summed E-state index contributed by atoms with van der Waals surface area (Å²) in [5.41, 5.74) is 3.75. The molecule has 4 nitrogen and oxygen atoms in total. The van der Waals surface area contributed by atoms with Gasteiger partial charge in [-0.25, -0.2) is 0 Å². The van der Waals surface area contributed by atoms with Crippen LogP contribution in [-0.4, -0.2) is 21.2 Å². The van der Waals surface area contributed by atoms with E-state index >= 15 is 0 Å². The summed E-state index contributed by atoms with van der Waals surface area (Å²) in [6, 6.07) is 19.4. The summed E-state index contributed by atoms with van der Waals surface area (Å²) in [7, 11) is 0. The highest BCUT2D eigenvalue weighted by atomic mass is 16.1. The highest BCUT2D eigenvalue weighted by Gasteiger charge is 2.10. The van der Waals surface area contributed by atoms with Gasteiger partial charge in [0.2, 0.25) is 6.29 Å². The largest absolute Gasteiger partial charge is 0.287 e. The number of aromatic nitrogens is 2. The van der Waals surface area contributed by atoms with E-state index in [4.69, 9.17) is 0 Å². The Kier molecular flexibility index (Phi) is 5.43. The summed E-state index contributed by atoms with van der Waals surface area (Å²) in [5, 5.41) is 0. The topological polar surface area (TPSA) is 46.1 Å². The second-order valence-corrected chi connectivity index (χ2v) is 5.59. The van der Waals surface area contributed by atoms with E-state index in [0.29, 0.717) is 5.56 Å². The predicted molar refractivity (Wildman–Crippen MR) is 92.7 cm³/mol. The SMILES string of the molecule is O=[C]c1ccc(CN(Cc2ccccn2)Cc2ccccn2)cc1. The molecule has 1 aromatic carbocycles. The Balaban J connectivity index is 1.76. The third-order valence-electron chi connectivity index (χ3n) is 3.70. The zero-order valence-electron chi connectivity index (χ0n) is 13.3. The van der Waals surface area contributed by atoms with Gasteiger partial charge in [0.1, 0.15) is 0 Å². The number of nitrogens with zero attached hydrogens (tertiary/aromatic N) is 3. The van der Waals surface area contributed by atoms with Crippen molar-refractivity contribution in [3.8, 4) is 0 Å². The first-order valence-electron chi connectivity index (χ1n) is 7.83. The quantitative estimate of drug-likeness (QED) is 0.672. The number of hydrogen-bond acceptors (Lipinski definition) is 4. The molecule has 0 aliphatic heterocycles. The molecule has 1 radical (unpaired) electrons. The fourth-order valence-corrected chi connectivity index (χ4v) is 2.55. The molecule has 119 valence electrons. The molecule has 2 aromatic heterocycles. The van der Waals surface area contributed by atoms with Crippen molar-refractivity contribution in [1.82, 2.24) is 14.9 Å². The molecule has 0 amide bonds. The fraction of sp³-hybridized carbons (Fsp3) is 0.150. The standard InChI is InChI=1S/C20H18N3O/c24-16-18-9-7-17(8-10-18)13-23(14-19-5-1-3-11-21-19)15-20-6-2-4-12-22-20/h1-12H,13-15H2. The van der Waals surface area contributed by atoms with Crippen LogP contribution >= 0.6 is 0 Å². The summed E-state index contributed by atoms with van der Waals surface area (Å²) >= 11 is 0. The van der Waals surface area contributed by atoms with Gasteiger partial charge in [-0.15, -0.1) is 0 Å². The molecule has 0 saturated carbocycles. The molecule has 0 aliphatic carbocycles. The Bertz CT molecular complexity index is 716. The molecule has 0 atom stereocenters. The smallest absolute Gasteiger partial charge is 0.233 e. The lowest BCUT2D eigenvalue weighted by molar-refractivity contribution is 0.241. The average Bonchev–Trinajstić information content (AvgIpc) is 2.64. The number of benzene rings is 1. The maximum absolute atomic E-state index is 10.7. The highest BCUT2D eigenvalue weighted by molar-refractivity contribution is 5.75. The maximum Gasteiger partial charge on any atom is 0.233 e. The van der Waals surface area contributed by atoms with Crippen LogP contribution in [0.15, 0.2) is 73.1 Å². The van der Waals surface area contributed by atoms with Crippen molar-refractivity contribution in [2.24, 2.45) is 0 Å². The monoisotopic (exact) mass is 316 g/mol. The summed E-state index contributed by atoms with van der Waals surface area (Å²) in [6.45, 7) is 2.23. The molecule has 4 heteroatoms. The van der Waals surface area contributed by atoms with E-state index in [1.807, 2.05) is 67.2 Å². The van der Waals surface area contributed by atoms with Crippen molar-refractivity contribution < 1.29 is 4.79 Å². The first kappa shape index (κ1) is 16.0. The van der Waals surface area contributed by atoms with Gasteiger partial charge in [-0.1, -0.05) is 36.4 Å². The molecule has 0 unspecified atom stereocenters. The predicted octanol–water partition coefficient (Wildman–Crippen LogP) is 3.14. The van der Waals surface area contributed by atoms with Crippen molar-refractivity contribution in [2.45, 2.75) is 19.6 Å². The normalized spacial score (nSPS) is 10.7. The van der Waals surface area contributed by atoms with Crippen molar-refractivity contribution in [2.75, 3.05) is 0 Å². The third kappa shape index (κ3) is 4.57. The Morgan fingerprint density at radius 3 is 1.79 bits per heavy atom. The van der Waals surface area contributed by atoms with Crippen molar-refractivity contribution in [1.29, 1.82) is 0 Å². The lowest BCUT2D eigenvalue weighted by Gasteiger charge is -2.22. The Morgan fingerprint density at radius 1 is 0.750 bits per heavy atom. The number of rotatable bonds is 7. The molecular weight excluding hydrogens is 298 g/mol. The van der Waals surface area contributed by atoms with Crippen LogP contribution in [0, 0.1) is 0 Å². The van der Waals surface area contributed by atoms with Crippen molar-refractivity contribution >= 4 is 6.29 Å². The minimum absolute atomic E-state index is 0.569. The van der Waals surface area contributed by atoms with Gasteiger partial charge in [0, 0.05) is 37.6 Å². The van der Waals surface area contributed by atoms with Crippen LogP contribution in [-0.2, 0) is 24.4 Å². The van der Waals surface area contributed by atoms with Gasteiger partial charge >= 0.3 is 0 Å². The van der Waals surface area contributed by atoms with Crippen molar-refractivity contribution in [3.05, 3.63) is 95.6 Å². The average molecular weight is 316 g/mol. The number of pyridine rings is 2. The van der Waals surface area contributed by atoms with E-state index < -0.39 is 0 Å². The van der Waals surface area contributed by atoms with Crippen LogP contribution in [0.4, 0.5) is 0 Å². The zero-order valence-corrected chi connectivity index (χ0v) is 13.3. The van der Waals surface area contributed by atoms with Gasteiger partial charge in [-0.05, 0) is 29.8 Å². The van der Waals surface area contributed by atoms with Crippen LogP contribution in [0.3, 0.4) is 0 Å². The molecule has 0 spiro atoms. The highest BCUT2D eigenvalue weighted by Crippen LogP contribution is 2.12. The summed E-state index contributed by atoms with van der Waals surface area (Å²) in [6.07, 6.45) is 5.52. The van der Waals surface area contributed by atoms with Crippen LogP contribution in [0.1, 0.15) is 22.5 Å². The van der Waals surface area contributed by atoms with Gasteiger partial charge in [0.25, 0.3) is 0 Å². The fourth-order valence-electron chi connectivity index (χ4n) is 2.55. The number of carbonyl (C=O) groups excluding carboxylic acids is 1. The van der Waals surface area contributed by atoms with Crippen LogP contribution in [0.25, 0.3) is 0 Å². The summed E-state index contributed by atoms with van der Waals surface area (Å²) < 4.78 is 0. The van der Waals surface area contributed by atoms with Crippen LogP contribution in [0.5, 0.6) is 0 Å². The second-order valence-electron chi connectivity index (χ2n) is 5.59. The Hall–Kier alpha value is -2.85. The molecule has 3 rings (SSSR count). The first-order valence-corrected chi connectivity index (χ1v) is 7.83. The molecule has 0 fully saturated rings. The lowest BCUT2D eigenvalue weighted by Crippen LogP contribution is -2.23. The lowest BCUT2D eigenvalue weighted by atomic mass is 10.1. The maximum atomic E-state index is 10.7. The molecular formula is C20H18N3O. The van der Waals surface area contributed by atoms with Gasteiger partial charge in [-0.2, -0.15) is 0 Å². The van der Waals surface area contributed by atoms with Gasteiger partial charge in [0.05, 0.1) is 11.4 Å². The summed E-state index contributed by atoms with van der Waals surface area (Å²) in [5.74, 6) is 0. The van der Waals surface area contributed by atoms with Crippen LogP contribution < -0.4 is 0 Å². The van der Waals surface area contributed by atoms with E-state index in [2.05, 4.69) is 14.9 Å². The molecule has 3 aromatic rings. The van der Waals surface area contributed by atoms with Gasteiger partial charge < -0.3 is 0 Å². The minimum Gasteiger partial charge on any atom is -0.287 e. The molecule has 0 bridgehead atoms. The second kappa shape index (κ2) is 8.13. The van der Waals surface area contributed by atoms with Gasteiger partial charge in [-0.3, -0.25) is 19.7 Å². The Morgan fingerprint density at radius 2 is 1.33 bits per heavy atom. The molecule has 2 heterocycles. The molecule has 0 aliphatic rings. The van der Waals surface area contributed by atoms with Crippen LogP contribution in [0.2, 0.25) is 0 Å². The van der Waals surface area contributed by atoms with E-state index in [1.165, 1.54) is 0 Å². The first-order chi connectivity index (χ1) is 11.8. The summed E-state index contributed by atoms with van der Waals surface area (Å²) in [4.78, 5) is 21.8. The molecule has 0 N–H and O–H groups in total. The van der Waals surface area contributed by atoms with E-state index in [-0.39, 0.29) is 0 Å². The van der Waals surface area contributed by atoms with E-state index in [1.54, 1.807) is 12.1 Å². The minimum atomic E-state index is 0.569. The van der Waals surface area contributed by atoms with E-state index in [9.17, 15) is 4.79 Å². The van der Waals surface area contributed by atoms with Gasteiger partial charge in [0.15, 0.2) is 0 Å². The Labute approximate surface area is 141 Å². The number of hydrogen-bond donors (Lipinski definition) is 0. The molecule has 24 heavy (non-hydrogen) atoms. The third-order valence-corrected chi connectivity index (χ3v) is 3.70. The van der Waals surface area contributed by atoms with E-state index in [0.717, 1.165) is 36.6 Å². The zero-order chi connectivity index (χ0) is 16.6. The van der Waals surface area contributed by atoms with Crippen molar-refractivity contribution in [3.63, 3.8) is 0 Å². The molecule has 0 saturated heterocycles.